The number of H-pyrrole nitrogens is 1. The average molecular weight is 1210 g/mol. The van der Waals surface area contributed by atoms with Crippen LogP contribution in [-0.2, 0) is 52.7 Å². The molecule has 5 heterocycles. The molecule has 8 amide bonds. The highest BCUT2D eigenvalue weighted by Crippen LogP contribution is 2.42. The lowest BCUT2D eigenvalue weighted by Crippen LogP contribution is -2.56. The highest BCUT2D eigenvalue weighted by molar-refractivity contribution is 7.70. The van der Waals surface area contributed by atoms with Gasteiger partial charge in [0.15, 0.2) is 5.78 Å². The van der Waals surface area contributed by atoms with Gasteiger partial charge in [-0.3, -0.25) is 62.7 Å². The van der Waals surface area contributed by atoms with Crippen molar-refractivity contribution in [3.05, 3.63) is 171 Å². The molecule has 4 aliphatic heterocycles. The number of hydrogen-bond acceptors (Lipinski definition) is 11. The molecule has 4 atom stereocenters. The van der Waals surface area contributed by atoms with Crippen LogP contribution in [0.4, 0.5) is 5.69 Å². The van der Waals surface area contributed by atoms with E-state index in [1.54, 1.807) is 12.1 Å². The Kier molecular flexibility index (Phi) is 19.0. The van der Waals surface area contributed by atoms with Gasteiger partial charge in [-0.2, -0.15) is 0 Å². The van der Waals surface area contributed by atoms with E-state index in [1.165, 1.54) is 15.9 Å². The summed E-state index contributed by atoms with van der Waals surface area (Å²) in [6.45, 7) is 0.462. The fraction of sp³-hybridized carbons (Fsp3) is 0.333. The zero-order valence-corrected chi connectivity index (χ0v) is 49.1. The van der Waals surface area contributed by atoms with Gasteiger partial charge in [0.25, 0.3) is 23.2 Å². The van der Waals surface area contributed by atoms with E-state index < -0.39 is 78.3 Å². The van der Waals surface area contributed by atoms with Gasteiger partial charge in [0.2, 0.25) is 29.5 Å². The van der Waals surface area contributed by atoms with Crippen LogP contribution in [-0.4, -0.2) is 109 Å². The molecule has 1 aromatic heterocycles. The molecule has 0 saturated carbocycles. The maximum absolute atomic E-state index is 14.9. The molecule has 0 radical (unpaired) electrons. The van der Waals surface area contributed by atoms with E-state index >= 15 is 0 Å². The molecule has 9 N–H and O–H groups in total. The Morgan fingerprint density at radius 1 is 0.773 bits per heavy atom. The molecule has 1 unspecified atom stereocenters. The Hall–Kier alpha value is -9.35. The van der Waals surface area contributed by atoms with Crippen molar-refractivity contribution < 1.29 is 62.3 Å². The van der Waals surface area contributed by atoms with Crippen molar-refractivity contribution in [1.82, 2.24) is 31.2 Å². The van der Waals surface area contributed by atoms with Crippen LogP contribution in [0.25, 0.3) is 10.9 Å². The van der Waals surface area contributed by atoms with Crippen LogP contribution in [0.2, 0.25) is 0 Å². The number of unbranched alkanes of at least 4 members (excludes halogenated alkanes) is 6. The lowest BCUT2D eigenvalue weighted by molar-refractivity contribution is -0.137. The number of amides is 8. The van der Waals surface area contributed by atoms with Crippen molar-refractivity contribution in [3.63, 3.8) is 0 Å². The quantitative estimate of drug-likeness (QED) is 0.0143. The molecule has 10 rings (SSSR count). The molecule has 21 nitrogen and oxygen atoms in total. The van der Waals surface area contributed by atoms with Gasteiger partial charge in [0, 0.05) is 73.2 Å². The predicted molar refractivity (Wildman–Crippen MR) is 324 cm³/mol. The first-order valence-corrected chi connectivity index (χ1v) is 31.2. The van der Waals surface area contributed by atoms with E-state index in [2.05, 4.69) is 38.1 Å². The van der Waals surface area contributed by atoms with Gasteiger partial charge in [-0.05, 0) is 96.7 Å². The van der Waals surface area contributed by atoms with Gasteiger partial charge in [-0.25, -0.2) is 0 Å². The van der Waals surface area contributed by atoms with Gasteiger partial charge < -0.3 is 41.4 Å². The summed E-state index contributed by atoms with van der Waals surface area (Å²) < 4.78 is 12.2. The van der Waals surface area contributed by atoms with Gasteiger partial charge in [-0.1, -0.05) is 122 Å². The summed E-state index contributed by atoms with van der Waals surface area (Å²) in [5.41, 5.74) is 9.12. The topological polar surface area (TPSA) is 325 Å². The number of primary amides is 1. The van der Waals surface area contributed by atoms with Gasteiger partial charge in [0.1, 0.15) is 23.8 Å². The lowest BCUT2D eigenvalue weighted by atomic mass is 9.85. The fourth-order valence-electron chi connectivity index (χ4n) is 12.3. The van der Waals surface area contributed by atoms with Gasteiger partial charge in [-0.15, -0.1) is 0 Å². The van der Waals surface area contributed by atoms with Crippen LogP contribution in [0, 0.1) is 11.8 Å². The fourth-order valence-corrected chi connectivity index (χ4v) is 12.7. The summed E-state index contributed by atoms with van der Waals surface area (Å²) in [7, 11) is -5.33. The summed E-state index contributed by atoms with van der Waals surface area (Å²) in [4.78, 5) is 160. The largest absolute Gasteiger partial charge is 0.396 e. The van der Waals surface area contributed by atoms with Crippen LogP contribution >= 0.6 is 7.60 Å². The zero-order valence-electron chi connectivity index (χ0n) is 48.2. The minimum Gasteiger partial charge on any atom is -0.370 e. The predicted octanol–water partition coefficient (Wildman–Crippen LogP) is 6.30. The Labute approximate surface area is 507 Å². The van der Waals surface area contributed by atoms with Crippen LogP contribution in [0.15, 0.2) is 115 Å². The third kappa shape index (κ3) is 13.9. The highest BCUT2D eigenvalue weighted by Gasteiger charge is 2.45. The van der Waals surface area contributed by atoms with Crippen LogP contribution < -0.4 is 31.9 Å². The number of piperidine rings is 1. The highest BCUT2D eigenvalue weighted by atomic mass is 31.2. The molecule has 6 aromatic rings. The minimum absolute atomic E-state index is 0.0165. The molecule has 88 heavy (non-hydrogen) atoms. The number of hydrogen-bond donors (Lipinski definition) is 8. The number of anilines is 1. The number of carbonyl (C=O) groups is 10. The number of Topliss-reactive ketones (excluding diaryl/α,β-unsaturated/α-hetero) is 1. The Balaban J connectivity index is 0.759. The smallest absolute Gasteiger partial charge is 0.370 e. The number of rotatable bonds is 24. The number of nitrogens with two attached hydrogens (primary N) is 1. The van der Waals surface area contributed by atoms with Crippen molar-refractivity contribution in [2.75, 3.05) is 11.4 Å². The van der Waals surface area contributed by atoms with E-state index in [4.69, 9.17) is 5.73 Å². The van der Waals surface area contributed by atoms with Crippen molar-refractivity contribution in [3.8, 4) is 11.8 Å². The van der Waals surface area contributed by atoms with Gasteiger partial charge >= 0.3 is 7.60 Å². The number of benzene rings is 5. The van der Waals surface area contributed by atoms with Crippen molar-refractivity contribution in [2.24, 2.45) is 5.73 Å². The van der Waals surface area contributed by atoms with E-state index in [9.17, 15) is 62.3 Å². The van der Waals surface area contributed by atoms with Crippen molar-refractivity contribution in [2.45, 2.75) is 133 Å². The number of imide groups is 1. The number of nitrogens with one attached hydrogen (secondary N) is 5. The second-order valence-corrected chi connectivity index (χ2v) is 24.2. The molecule has 0 bridgehead atoms. The number of para-hydroxylation sites is 1. The third-order valence-corrected chi connectivity index (χ3v) is 17.5. The first-order valence-electron chi connectivity index (χ1n) is 29.6. The molecule has 4 aliphatic rings. The number of fused-ring (bicyclic) bond motifs is 2. The Morgan fingerprint density at radius 2 is 1.47 bits per heavy atom. The maximum atomic E-state index is 14.9. The second kappa shape index (κ2) is 27.1. The average Bonchev–Trinajstić information content (AvgIpc) is 1.83. The summed E-state index contributed by atoms with van der Waals surface area (Å²) in [5, 5.41) is 10.9. The summed E-state index contributed by atoms with van der Waals surface area (Å²) in [5.74, 6) is 1.24. The standard InChI is InChI=1S/C66H67N8O13P/c67-56(76)30-28-50(55(75)37-47(39-17-10-7-11-18-39)40-19-12-8-13-20-40)70-63(81)54-36-43-24-15-23-42-26-27-51(65(83)74(54)59(42)43)71-61(79)52-35-44-33-45(66(84)88(85,86)87)34-48(58(44)69-52)60(78)68-32-14-6-4-2-1-3-5-9-21-41-22-16-25-46-49(41)38-73(64(46)82)53-29-31-57(77)72-62(53)80/h7-8,10-13,15-20,22-25,33-35,47,50-51,53-54,69H,1-6,14,26-32,36-38H2,(H2,67,76)(H,68,78)(H,70,81)(H,71,79)(H,72,77,80)(H2,85,86,87)/t50-,51-,53?,54-/m0/s1. The number of aromatic amines is 1. The van der Waals surface area contributed by atoms with Crippen LogP contribution in [0.3, 0.4) is 0 Å². The van der Waals surface area contributed by atoms with E-state index in [1.807, 2.05) is 84.9 Å². The Morgan fingerprint density at radius 3 is 2.17 bits per heavy atom. The summed E-state index contributed by atoms with van der Waals surface area (Å²) >= 11 is 0. The molecule has 1 saturated heterocycles. The zero-order chi connectivity index (χ0) is 62.2. The first-order chi connectivity index (χ1) is 42.3. The third-order valence-electron chi connectivity index (χ3n) is 16.8. The second-order valence-electron chi connectivity index (χ2n) is 22.7. The maximum Gasteiger partial charge on any atom is 0.396 e. The molecular formula is C66H67N8O13P. The SMILES string of the molecule is NC(=O)CC[C@H](NC(=O)[C@@H]1Cc2cccc3c2N1C(=O)[C@@H](NC(=O)c1cc2cc(C(=O)P(=O)(O)O)cc(C(=O)NCCCCCCCCC#Cc4cccc5c4CN(C4CCC(=O)NC4=O)C5=O)c2[nH]1)CC3)C(=O)CC(c1ccccc1)c1ccccc1. The summed E-state index contributed by atoms with van der Waals surface area (Å²) in [6.07, 6.45) is 6.14. The number of aromatic nitrogens is 1. The number of nitrogens with zero attached hydrogens (tertiary/aromatic N) is 2. The van der Waals surface area contributed by atoms with Crippen molar-refractivity contribution >= 4 is 82.8 Å². The summed E-state index contributed by atoms with van der Waals surface area (Å²) in [6, 6.07) is 29.0. The van der Waals surface area contributed by atoms with E-state index in [-0.39, 0.29) is 104 Å². The molecule has 1 fully saturated rings. The van der Waals surface area contributed by atoms with E-state index in [0.29, 0.717) is 36.1 Å². The molecule has 0 spiro atoms. The number of ketones is 1. The monoisotopic (exact) mass is 1210 g/mol. The Bertz CT molecular complexity index is 3850. The molecule has 454 valence electrons. The van der Waals surface area contributed by atoms with Crippen molar-refractivity contribution in [1.29, 1.82) is 0 Å². The first kappa shape index (κ1) is 61.7. The van der Waals surface area contributed by atoms with Crippen LogP contribution in [0.1, 0.15) is 164 Å². The number of carbonyl (C=O) groups excluding carboxylic acids is 10. The minimum atomic E-state index is -5.33. The van der Waals surface area contributed by atoms with Gasteiger partial charge in [0.05, 0.1) is 22.8 Å². The van der Waals surface area contributed by atoms with E-state index in [0.717, 1.165) is 72.1 Å². The lowest BCUT2D eigenvalue weighted by Gasteiger charge is -2.29. The molecular weight excluding hydrogens is 1140 g/mol. The molecule has 22 heteroatoms. The van der Waals surface area contributed by atoms with Crippen LogP contribution in [0.5, 0.6) is 0 Å². The normalized spacial score (nSPS) is 17.3. The molecule has 5 aromatic carbocycles. The number of aryl methyl sites for hydroxylation is 1. The molecule has 0 aliphatic carbocycles.